The highest BCUT2D eigenvalue weighted by Crippen LogP contribution is 2.19. The minimum atomic E-state index is -1.08. The molecule has 2 rings (SSSR count). The Labute approximate surface area is 113 Å². The van der Waals surface area contributed by atoms with E-state index in [2.05, 4.69) is 5.10 Å². The van der Waals surface area contributed by atoms with Crippen LogP contribution in [0.5, 0.6) is 0 Å². The standard InChI is InChI=1S/C12H15N3O3S/c1-8(2)5-14-11(9-3-4-19-7-9)13-15(12(14)18)6-10(16)17/h3-4,7-8H,5-6H2,1-2H3,(H,16,17). The smallest absolute Gasteiger partial charge is 0.346 e. The zero-order valence-electron chi connectivity index (χ0n) is 10.7. The maximum absolute atomic E-state index is 12.2. The number of carbonyl (C=O) groups is 1. The van der Waals surface area contributed by atoms with Crippen LogP contribution in [0.3, 0.4) is 0 Å². The molecular formula is C12H15N3O3S. The highest BCUT2D eigenvalue weighted by Gasteiger charge is 2.17. The van der Waals surface area contributed by atoms with Gasteiger partial charge in [0.15, 0.2) is 5.82 Å². The van der Waals surface area contributed by atoms with Crippen molar-refractivity contribution in [2.75, 3.05) is 0 Å². The second-order valence-electron chi connectivity index (χ2n) is 4.67. The van der Waals surface area contributed by atoms with Crippen molar-refractivity contribution in [3.8, 4) is 11.4 Å². The average molecular weight is 281 g/mol. The molecule has 0 atom stereocenters. The minimum absolute atomic E-state index is 0.276. The van der Waals surface area contributed by atoms with E-state index >= 15 is 0 Å². The molecule has 0 saturated heterocycles. The largest absolute Gasteiger partial charge is 0.480 e. The van der Waals surface area contributed by atoms with Crippen LogP contribution in [0.1, 0.15) is 13.8 Å². The molecule has 0 bridgehead atoms. The summed E-state index contributed by atoms with van der Waals surface area (Å²) in [4.78, 5) is 22.9. The fourth-order valence-electron chi connectivity index (χ4n) is 1.81. The summed E-state index contributed by atoms with van der Waals surface area (Å²) in [7, 11) is 0. The van der Waals surface area contributed by atoms with Crippen molar-refractivity contribution >= 4 is 17.3 Å². The molecule has 0 unspecified atom stereocenters. The molecule has 0 aliphatic heterocycles. The molecule has 2 heterocycles. The van der Waals surface area contributed by atoms with E-state index in [-0.39, 0.29) is 11.6 Å². The Morgan fingerprint density at radius 1 is 1.53 bits per heavy atom. The van der Waals surface area contributed by atoms with Gasteiger partial charge in [-0.1, -0.05) is 13.8 Å². The van der Waals surface area contributed by atoms with Crippen LogP contribution in [0.4, 0.5) is 0 Å². The Morgan fingerprint density at radius 2 is 2.26 bits per heavy atom. The van der Waals surface area contributed by atoms with Gasteiger partial charge in [-0.25, -0.2) is 9.48 Å². The van der Waals surface area contributed by atoms with Crippen LogP contribution in [-0.2, 0) is 17.9 Å². The van der Waals surface area contributed by atoms with Crippen LogP contribution >= 0.6 is 11.3 Å². The summed E-state index contributed by atoms with van der Waals surface area (Å²) in [6.07, 6.45) is 0. The molecule has 2 aromatic heterocycles. The second kappa shape index (κ2) is 5.40. The van der Waals surface area contributed by atoms with Crippen molar-refractivity contribution in [3.05, 3.63) is 27.3 Å². The van der Waals surface area contributed by atoms with Crippen molar-refractivity contribution in [2.45, 2.75) is 26.9 Å². The van der Waals surface area contributed by atoms with Gasteiger partial charge in [-0.3, -0.25) is 9.36 Å². The van der Waals surface area contributed by atoms with Gasteiger partial charge in [0.25, 0.3) is 0 Å². The first-order valence-corrected chi connectivity index (χ1v) is 6.85. The maximum atomic E-state index is 12.2. The van der Waals surface area contributed by atoms with E-state index < -0.39 is 12.5 Å². The number of carboxylic acids is 1. The van der Waals surface area contributed by atoms with Crippen molar-refractivity contribution in [2.24, 2.45) is 5.92 Å². The van der Waals surface area contributed by atoms with E-state index in [4.69, 9.17) is 5.11 Å². The number of nitrogens with zero attached hydrogens (tertiary/aromatic N) is 3. The number of hydrogen-bond donors (Lipinski definition) is 1. The van der Waals surface area contributed by atoms with Crippen LogP contribution in [0.15, 0.2) is 21.6 Å². The van der Waals surface area contributed by atoms with Crippen LogP contribution in [-0.4, -0.2) is 25.4 Å². The van der Waals surface area contributed by atoms with Crippen LogP contribution in [0.25, 0.3) is 11.4 Å². The normalized spacial score (nSPS) is 11.1. The highest BCUT2D eigenvalue weighted by molar-refractivity contribution is 7.08. The van der Waals surface area contributed by atoms with E-state index in [1.807, 2.05) is 30.7 Å². The molecule has 7 heteroatoms. The molecule has 102 valence electrons. The van der Waals surface area contributed by atoms with Crippen LogP contribution in [0.2, 0.25) is 0 Å². The Morgan fingerprint density at radius 3 is 2.79 bits per heavy atom. The van der Waals surface area contributed by atoms with Gasteiger partial charge in [-0.05, 0) is 17.4 Å². The predicted octanol–water partition coefficient (Wildman–Crippen LogP) is 1.51. The summed E-state index contributed by atoms with van der Waals surface area (Å²) >= 11 is 1.51. The fraction of sp³-hybridized carbons (Fsp3) is 0.417. The van der Waals surface area contributed by atoms with Gasteiger partial charge in [0, 0.05) is 17.5 Å². The number of aliphatic carboxylic acids is 1. The van der Waals surface area contributed by atoms with Gasteiger partial charge >= 0.3 is 11.7 Å². The summed E-state index contributed by atoms with van der Waals surface area (Å²) in [6.45, 7) is 4.10. The van der Waals surface area contributed by atoms with Gasteiger partial charge in [0.05, 0.1) is 0 Å². The zero-order chi connectivity index (χ0) is 14.0. The van der Waals surface area contributed by atoms with Gasteiger partial charge in [-0.2, -0.15) is 11.3 Å². The quantitative estimate of drug-likeness (QED) is 0.901. The number of thiophene rings is 1. The Bertz CT molecular complexity index is 625. The average Bonchev–Trinajstić information content (AvgIpc) is 2.91. The molecule has 0 aromatic carbocycles. The summed E-state index contributed by atoms with van der Waals surface area (Å²) in [5.41, 5.74) is 0.462. The molecule has 19 heavy (non-hydrogen) atoms. The van der Waals surface area contributed by atoms with Gasteiger partial charge in [0.1, 0.15) is 6.54 Å². The summed E-state index contributed by atoms with van der Waals surface area (Å²) < 4.78 is 2.54. The van der Waals surface area contributed by atoms with Crippen molar-refractivity contribution in [3.63, 3.8) is 0 Å². The number of aromatic nitrogens is 3. The van der Waals surface area contributed by atoms with Crippen LogP contribution < -0.4 is 5.69 Å². The van der Waals surface area contributed by atoms with E-state index in [1.165, 1.54) is 15.9 Å². The number of carboxylic acid groups (broad SMARTS) is 1. The lowest BCUT2D eigenvalue weighted by atomic mass is 10.2. The second-order valence-corrected chi connectivity index (χ2v) is 5.45. The van der Waals surface area contributed by atoms with Crippen molar-refractivity contribution in [1.29, 1.82) is 0 Å². The lowest BCUT2D eigenvalue weighted by molar-refractivity contribution is -0.137. The molecule has 0 aliphatic carbocycles. The van der Waals surface area contributed by atoms with Crippen molar-refractivity contribution < 1.29 is 9.90 Å². The lowest BCUT2D eigenvalue weighted by Gasteiger charge is -2.06. The monoisotopic (exact) mass is 281 g/mol. The van der Waals surface area contributed by atoms with Crippen LogP contribution in [0, 0.1) is 5.92 Å². The number of rotatable bonds is 5. The summed E-state index contributed by atoms with van der Waals surface area (Å²) in [5.74, 6) is -0.271. The molecule has 6 nitrogen and oxygen atoms in total. The Kier molecular flexibility index (Phi) is 3.84. The van der Waals surface area contributed by atoms with Gasteiger partial charge in [0.2, 0.25) is 0 Å². The van der Waals surface area contributed by atoms with Gasteiger partial charge < -0.3 is 5.11 Å². The predicted molar refractivity (Wildman–Crippen MR) is 72.3 cm³/mol. The Balaban J connectivity index is 2.51. The number of hydrogen-bond acceptors (Lipinski definition) is 4. The molecule has 0 spiro atoms. The summed E-state index contributed by atoms with van der Waals surface area (Å²) in [6, 6.07) is 1.87. The molecule has 0 fully saturated rings. The SMILES string of the molecule is CC(C)Cn1c(-c2ccsc2)nn(CC(=O)O)c1=O. The van der Waals surface area contributed by atoms with Gasteiger partial charge in [-0.15, -0.1) is 5.10 Å². The molecular weight excluding hydrogens is 266 g/mol. The lowest BCUT2D eigenvalue weighted by Crippen LogP contribution is -2.28. The summed E-state index contributed by atoms with van der Waals surface area (Å²) in [5, 5.41) is 16.7. The molecule has 1 N–H and O–H groups in total. The van der Waals surface area contributed by atoms with E-state index in [0.717, 1.165) is 10.2 Å². The molecule has 2 aromatic rings. The van der Waals surface area contributed by atoms with Crippen molar-refractivity contribution in [1.82, 2.24) is 14.3 Å². The first kappa shape index (κ1) is 13.5. The third-order valence-electron chi connectivity index (χ3n) is 2.53. The third-order valence-corrected chi connectivity index (χ3v) is 3.22. The topological polar surface area (TPSA) is 77.1 Å². The highest BCUT2D eigenvalue weighted by atomic mass is 32.1. The first-order chi connectivity index (χ1) is 8.99. The maximum Gasteiger partial charge on any atom is 0.346 e. The van der Waals surface area contributed by atoms with E-state index in [1.54, 1.807) is 0 Å². The fourth-order valence-corrected chi connectivity index (χ4v) is 2.44. The molecule has 0 radical (unpaired) electrons. The third kappa shape index (κ3) is 2.93. The first-order valence-electron chi connectivity index (χ1n) is 5.91. The zero-order valence-corrected chi connectivity index (χ0v) is 11.6. The molecule has 0 saturated carbocycles. The Hall–Kier alpha value is -1.89. The molecule has 0 aliphatic rings. The van der Waals surface area contributed by atoms with E-state index in [9.17, 15) is 9.59 Å². The minimum Gasteiger partial charge on any atom is -0.480 e. The van der Waals surface area contributed by atoms with E-state index in [0.29, 0.717) is 12.4 Å². The molecule has 0 amide bonds.